The van der Waals surface area contributed by atoms with Crippen molar-refractivity contribution in [3.63, 3.8) is 0 Å². The second-order valence-electron chi connectivity index (χ2n) is 5.00. The lowest BCUT2D eigenvalue weighted by Crippen LogP contribution is -2.45. The van der Waals surface area contributed by atoms with Crippen LogP contribution in [-0.4, -0.2) is 23.0 Å². The van der Waals surface area contributed by atoms with Gasteiger partial charge in [0.2, 0.25) is 5.91 Å². The summed E-state index contributed by atoms with van der Waals surface area (Å²) in [6.45, 7) is 0. The third-order valence-corrected chi connectivity index (χ3v) is 3.59. The summed E-state index contributed by atoms with van der Waals surface area (Å²) in [4.78, 5) is 22.3. The molecule has 0 aliphatic heterocycles. The first kappa shape index (κ1) is 13.9. The van der Waals surface area contributed by atoms with Gasteiger partial charge in [-0.25, -0.2) is 0 Å². The fourth-order valence-corrected chi connectivity index (χ4v) is 2.46. The van der Waals surface area contributed by atoms with Crippen molar-refractivity contribution in [1.29, 1.82) is 0 Å². The lowest BCUT2D eigenvalue weighted by molar-refractivity contribution is -0.138. The van der Waals surface area contributed by atoms with E-state index in [9.17, 15) is 9.59 Å². The van der Waals surface area contributed by atoms with Crippen molar-refractivity contribution in [1.82, 2.24) is 5.32 Å². The Kier molecular flexibility index (Phi) is 4.43. The minimum Gasteiger partial charge on any atom is -0.481 e. The number of aliphatic carboxylic acids is 1. The number of carbonyl (C=O) groups excluding carboxylic acids is 1. The molecule has 4 nitrogen and oxygen atoms in total. The van der Waals surface area contributed by atoms with Crippen molar-refractivity contribution in [2.75, 3.05) is 0 Å². The van der Waals surface area contributed by atoms with Gasteiger partial charge in [0.25, 0.3) is 0 Å². The number of carboxylic acids is 1. The highest BCUT2D eigenvalue weighted by atomic mass is 35.5. The van der Waals surface area contributed by atoms with Gasteiger partial charge in [-0.05, 0) is 36.5 Å². The molecule has 0 aromatic heterocycles. The van der Waals surface area contributed by atoms with Gasteiger partial charge in [0.15, 0.2) is 0 Å². The molecule has 102 valence electrons. The minimum absolute atomic E-state index is 0.0268. The fourth-order valence-electron chi connectivity index (χ4n) is 2.33. The molecule has 19 heavy (non-hydrogen) atoms. The molecule has 1 aliphatic carbocycles. The average molecular weight is 282 g/mol. The van der Waals surface area contributed by atoms with Crippen LogP contribution in [0.1, 0.15) is 24.8 Å². The molecule has 0 bridgehead atoms. The summed E-state index contributed by atoms with van der Waals surface area (Å²) in [7, 11) is 0. The van der Waals surface area contributed by atoms with Gasteiger partial charge in [-0.3, -0.25) is 9.59 Å². The third kappa shape index (κ3) is 4.24. The van der Waals surface area contributed by atoms with Crippen molar-refractivity contribution in [3.8, 4) is 0 Å². The highest BCUT2D eigenvalue weighted by Crippen LogP contribution is 2.30. The molecule has 0 spiro atoms. The van der Waals surface area contributed by atoms with Gasteiger partial charge in [0.05, 0.1) is 6.42 Å². The van der Waals surface area contributed by atoms with Gasteiger partial charge < -0.3 is 10.4 Å². The van der Waals surface area contributed by atoms with E-state index in [1.165, 1.54) is 0 Å². The molecular weight excluding hydrogens is 266 g/mol. The smallest absolute Gasteiger partial charge is 0.303 e. The predicted molar refractivity (Wildman–Crippen MR) is 72.1 cm³/mol. The number of hydrogen-bond donors (Lipinski definition) is 2. The van der Waals surface area contributed by atoms with Crippen molar-refractivity contribution in [2.45, 2.75) is 31.7 Å². The zero-order valence-corrected chi connectivity index (χ0v) is 11.2. The van der Waals surface area contributed by atoms with Crippen LogP contribution in [-0.2, 0) is 16.0 Å². The van der Waals surface area contributed by atoms with Crippen LogP contribution in [0.15, 0.2) is 24.3 Å². The summed E-state index contributed by atoms with van der Waals surface area (Å²) in [6, 6.07) is 7.31. The van der Waals surface area contributed by atoms with Crippen LogP contribution in [0.25, 0.3) is 0 Å². The van der Waals surface area contributed by atoms with Gasteiger partial charge in [-0.15, -0.1) is 0 Å². The van der Waals surface area contributed by atoms with Crippen LogP contribution in [0.3, 0.4) is 0 Å². The molecule has 0 atom stereocenters. The van der Waals surface area contributed by atoms with Gasteiger partial charge in [0, 0.05) is 17.5 Å². The number of benzene rings is 1. The Balaban J connectivity index is 1.71. The molecule has 1 saturated carbocycles. The first-order valence-corrected chi connectivity index (χ1v) is 6.66. The highest BCUT2D eigenvalue weighted by molar-refractivity contribution is 6.30. The zero-order valence-electron chi connectivity index (χ0n) is 10.4. The van der Waals surface area contributed by atoms with Crippen molar-refractivity contribution in [2.24, 2.45) is 5.92 Å². The van der Waals surface area contributed by atoms with Gasteiger partial charge in [-0.1, -0.05) is 23.7 Å². The van der Waals surface area contributed by atoms with E-state index < -0.39 is 5.97 Å². The molecule has 1 aliphatic rings. The Morgan fingerprint density at radius 1 is 1.26 bits per heavy atom. The molecule has 2 N–H and O–H groups in total. The number of halogens is 1. The monoisotopic (exact) mass is 281 g/mol. The molecule has 1 amide bonds. The number of amides is 1. The molecule has 0 saturated heterocycles. The molecule has 5 heteroatoms. The van der Waals surface area contributed by atoms with E-state index in [2.05, 4.69) is 5.32 Å². The average Bonchev–Trinajstić information content (AvgIpc) is 2.29. The summed E-state index contributed by atoms with van der Waals surface area (Å²) >= 11 is 5.77. The lowest BCUT2D eigenvalue weighted by atomic mass is 9.78. The van der Waals surface area contributed by atoms with Gasteiger partial charge in [0.1, 0.15) is 0 Å². The van der Waals surface area contributed by atoms with E-state index in [1.807, 2.05) is 12.1 Å². The van der Waals surface area contributed by atoms with Crippen LogP contribution >= 0.6 is 11.6 Å². The van der Waals surface area contributed by atoms with E-state index >= 15 is 0 Å². The van der Waals surface area contributed by atoms with Crippen LogP contribution < -0.4 is 5.32 Å². The normalized spacial score (nSPS) is 21.5. The van der Waals surface area contributed by atoms with E-state index in [1.54, 1.807) is 12.1 Å². The maximum atomic E-state index is 11.8. The molecule has 1 aromatic carbocycles. The third-order valence-electron chi connectivity index (χ3n) is 3.34. The second-order valence-corrected chi connectivity index (χ2v) is 5.44. The molecular formula is C14H16ClNO3. The van der Waals surface area contributed by atoms with E-state index in [0.29, 0.717) is 11.4 Å². The Labute approximate surface area is 116 Å². The topological polar surface area (TPSA) is 66.4 Å². The molecule has 2 rings (SSSR count). The van der Waals surface area contributed by atoms with Gasteiger partial charge >= 0.3 is 5.97 Å². The van der Waals surface area contributed by atoms with E-state index in [-0.39, 0.29) is 24.3 Å². The largest absolute Gasteiger partial charge is 0.481 e. The number of hydrogen-bond acceptors (Lipinski definition) is 2. The standard InChI is InChI=1S/C14H16ClNO3/c15-11-3-1-9(2-4-11)7-13(17)16-12-5-10(6-12)8-14(18)19/h1-4,10,12H,5-8H2,(H,16,17)(H,18,19). The predicted octanol–water partition coefficient (Wildman–Crippen LogP) is 2.25. The van der Waals surface area contributed by atoms with Crippen LogP contribution in [0.5, 0.6) is 0 Å². The van der Waals surface area contributed by atoms with Crippen LogP contribution in [0.2, 0.25) is 5.02 Å². The number of rotatable bonds is 5. The molecule has 1 aromatic rings. The molecule has 1 fully saturated rings. The van der Waals surface area contributed by atoms with Crippen molar-refractivity contribution >= 4 is 23.5 Å². The zero-order chi connectivity index (χ0) is 13.8. The Hall–Kier alpha value is -1.55. The minimum atomic E-state index is -0.768. The summed E-state index contributed by atoms with van der Waals surface area (Å²) < 4.78 is 0. The first-order chi connectivity index (χ1) is 9.02. The van der Waals surface area contributed by atoms with Crippen LogP contribution in [0.4, 0.5) is 0 Å². The van der Waals surface area contributed by atoms with E-state index in [4.69, 9.17) is 16.7 Å². The van der Waals surface area contributed by atoms with Gasteiger partial charge in [-0.2, -0.15) is 0 Å². The molecule has 0 unspecified atom stereocenters. The number of carbonyl (C=O) groups is 2. The maximum absolute atomic E-state index is 11.8. The Bertz CT molecular complexity index is 466. The number of nitrogens with one attached hydrogen (secondary N) is 1. The summed E-state index contributed by atoms with van der Waals surface area (Å²) in [6.07, 6.45) is 2.05. The SMILES string of the molecule is O=C(O)CC1CC(NC(=O)Cc2ccc(Cl)cc2)C1. The second kappa shape index (κ2) is 6.06. The summed E-state index contributed by atoms with van der Waals surface area (Å²) in [5.41, 5.74) is 0.920. The quantitative estimate of drug-likeness (QED) is 0.870. The van der Waals surface area contributed by atoms with Crippen molar-refractivity contribution in [3.05, 3.63) is 34.9 Å². The highest BCUT2D eigenvalue weighted by Gasteiger charge is 2.31. The Morgan fingerprint density at radius 3 is 2.47 bits per heavy atom. The lowest BCUT2D eigenvalue weighted by Gasteiger charge is -2.34. The number of carboxylic acid groups (broad SMARTS) is 1. The molecule has 0 heterocycles. The summed E-state index contributed by atoms with van der Waals surface area (Å²) in [5, 5.41) is 12.2. The first-order valence-electron chi connectivity index (χ1n) is 6.28. The fraction of sp³-hybridized carbons (Fsp3) is 0.429. The van der Waals surface area contributed by atoms with Crippen LogP contribution in [0, 0.1) is 5.92 Å². The Morgan fingerprint density at radius 2 is 1.89 bits per heavy atom. The van der Waals surface area contributed by atoms with E-state index in [0.717, 1.165) is 18.4 Å². The van der Waals surface area contributed by atoms with Crippen molar-refractivity contribution < 1.29 is 14.7 Å². The maximum Gasteiger partial charge on any atom is 0.303 e. The summed E-state index contributed by atoms with van der Waals surface area (Å²) in [5.74, 6) is -0.588. The molecule has 0 radical (unpaired) electrons.